The van der Waals surface area contributed by atoms with E-state index in [0.717, 1.165) is 30.4 Å². The molecule has 1 aliphatic rings. The van der Waals surface area contributed by atoms with Gasteiger partial charge in [0.1, 0.15) is 6.33 Å². The zero-order valence-electron chi connectivity index (χ0n) is 17.9. The molecule has 1 N–H and O–H groups in total. The van der Waals surface area contributed by atoms with Gasteiger partial charge in [0, 0.05) is 24.8 Å². The quantitative estimate of drug-likeness (QED) is 0.545. The summed E-state index contributed by atoms with van der Waals surface area (Å²) in [7, 11) is 0. The van der Waals surface area contributed by atoms with Gasteiger partial charge in [-0.2, -0.15) is 0 Å². The first-order valence-corrected chi connectivity index (χ1v) is 11.8. The predicted molar refractivity (Wildman–Crippen MR) is 124 cm³/mol. The standard InChI is InChI=1S/C24H29N5OS/c1-19-10-12-21(13-11-19)29-18-26-27-24(29)31-17-23(30)25-15-22-9-5-6-14-28(22)16-20-7-3-2-4-8-20/h2-4,7-8,10-13,18,22H,5-6,9,14-17H2,1H3,(H,25,30). The van der Waals surface area contributed by atoms with E-state index < -0.39 is 0 Å². The van der Waals surface area contributed by atoms with Gasteiger partial charge in [0.25, 0.3) is 0 Å². The highest BCUT2D eigenvalue weighted by atomic mass is 32.2. The normalized spacial score (nSPS) is 16.9. The molecule has 1 saturated heterocycles. The van der Waals surface area contributed by atoms with Crippen LogP contribution in [0.3, 0.4) is 0 Å². The fraction of sp³-hybridized carbons (Fsp3) is 0.375. The van der Waals surface area contributed by atoms with Crippen molar-refractivity contribution >= 4 is 17.7 Å². The fourth-order valence-corrected chi connectivity index (χ4v) is 4.69. The summed E-state index contributed by atoms with van der Waals surface area (Å²) < 4.78 is 1.92. The van der Waals surface area contributed by atoms with Gasteiger partial charge in [-0.25, -0.2) is 0 Å². The number of nitrogens with zero attached hydrogens (tertiary/aromatic N) is 4. The molecule has 4 rings (SSSR count). The molecule has 31 heavy (non-hydrogen) atoms. The molecule has 1 unspecified atom stereocenters. The van der Waals surface area contributed by atoms with Crippen molar-refractivity contribution in [1.82, 2.24) is 25.0 Å². The molecule has 1 amide bonds. The van der Waals surface area contributed by atoms with Crippen molar-refractivity contribution in [3.8, 4) is 5.69 Å². The third-order valence-corrected chi connectivity index (χ3v) is 6.62. The Morgan fingerprint density at radius 2 is 1.94 bits per heavy atom. The van der Waals surface area contributed by atoms with Gasteiger partial charge in [-0.1, -0.05) is 66.2 Å². The highest BCUT2D eigenvalue weighted by Gasteiger charge is 2.23. The summed E-state index contributed by atoms with van der Waals surface area (Å²) in [6, 6.07) is 19.1. The molecule has 0 radical (unpaired) electrons. The van der Waals surface area contributed by atoms with Crippen LogP contribution >= 0.6 is 11.8 Å². The maximum Gasteiger partial charge on any atom is 0.230 e. The summed E-state index contributed by atoms with van der Waals surface area (Å²) in [4.78, 5) is 15.0. The van der Waals surface area contributed by atoms with E-state index in [1.807, 2.05) is 16.7 Å². The van der Waals surface area contributed by atoms with Gasteiger partial charge < -0.3 is 5.32 Å². The molecule has 1 aliphatic heterocycles. The molecular formula is C24H29N5OS. The summed E-state index contributed by atoms with van der Waals surface area (Å²) in [6.07, 6.45) is 5.26. The SMILES string of the molecule is Cc1ccc(-n2cnnc2SCC(=O)NCC2CCCCN2Cc2ccccc2)cc1. The van der Waals surface area contributed by atoms with Gasteiger partial charge in [-0.15, -0.1) is 10.2 Å². The van der Waals surface area contributed by atoms with Crippen molar-refractivity contribution < 1.29 is 4.79 Å². The zero-order chi connectivity index (χ0) is 21.5. The second-order valence-corrected chi connectivity index (χ2v) is 8.96. The molecule has 0 aliphatic carbocycles. The molecule has 7 heteroatoms. The molecule has 0 spiro atoms. The van der Waals surface area contributed by atoms with Crippen LogP contribution in [-0.4, -0.2) is 50.5 Å². The Hall–Kier alpha value is -2.64. The highest BCUT2D eigenvalue weighted by Crippen LogP contribution is 2.21. The minimum atomic E-state index is 0.0358. The molecule has 2 heterocycles. The molecule has 0 bridgehead atoms. The van der Waals surface area contributed by atoms with Crippen LogP contribution in [0, 0.1) is 6.92 Å². The summed E-state index contributed by atoms with van der Waals surface area (Å²) in [5.41, 5.74) is 3.53. The van der Waals surface area contributed by atoms with E-state index in [-0.39, 0.29) is 5.91 Å². The molecular weight excluding hydrogens is 406 g/mol. The van der Waals surface area contributed by atoms with Crippen LogP contribution in [0.5, 0.6) is 0 Å². The maximum atomic E-state index is 12.5. The zero-order valence-corrected chi connectivity index (χ0v) is 18.7. The summed E-state index contributed by atoms with van der Waals surface area (Å²) in [5.74, 6) is 0.365. The number of carbonyl (C=O) groups is 1. The average molecular weight is 436 g/mol. The lowest BCUT2D eigenvalue weighted by Crippen LogP contribution is -2.46. The molecule has 1 aromatic heterocycles. The number of hydrogen-bond donors (Lipinski definition) is 1. The van der Waals surface area contributed by atoms with Crippen LogP contribution in [0.4, 0.5) is 0 Å². The van der Waals surface area contributed by atoms with Gasteiger partial charge in [0.05, 0.1) is 5.75 Å². The van der Waals surface area contributed by atoms with E-state index in [2.05, 4.69) is 69.8 Å². The fourth-order valence-electron chi connectivity index (χ4n) is 3.94. The number of amides is 1. The Labute approximate surface area is 188 Å². The van der Waals surface area contributed by atoms with Gasteiger partial charge in [-0.05, 0) is 44.0 Å². The number of piperidine rings is 1. The summed E-state index contributed by atoms with van der Waals surface area (Å²) in [6.45, 7) is 4.78. The van der Waals surface area contributed by atoms with E-state index in [1.165, 1.54) is 35.7 Å². The highest BCUT2D eigenvalue weighted by molar-refractivity contribution is 7.99. The first kappa shape index (κ1) is 21.6. The topological polar surface area (TPSA) is 63.1 Å². The molecule has 3 aromatic rings. The lowest BCUT2D eigenvalue weighted by molar-refractivity contribution is -0.118. The van der Waals surface area contributed by atoms with Crippen molar-refractivity contribution in [2.45, 2.75) is 43.9 Å². The number of carbonyl (C=O) groups excluding carboxylic acids is 1. The summed E-state index contributed by atoms with van der Waals surface area (Å²) >= 11 is 1.41. The van der Waals surface area contributed by atoms with E-state index in [0.29, 0.717) is 18.3 Å². The second kappa shape index (κ2) is 10.6. The third-order valence-electron chi connectivity index (χ3n) is 5.67. The van der Waals surface area contributed by atoms with E-state index in [4.69, 9.17) is 0 Å². The number of hydrogen-bond acceptors (Lipinski definition) is 5. The van der Waals surface area contributed by atoms with Crippen molar-refractivity contribution in [3.05, 3.63) is 72.1 Å². The predicted octanol–water partition coefficient (Wildman–Crippen LogP) is 3.84. The molecule has 0 saturated carbocycles. The van der Waals surface area contributed by atoms with Gasteiger partial charge in [0.2, 0.25) is 5.91 Å². The monoisotopic (exact) mass is 435 g/mol. The largest absolute Gasteiger partial charge is 0.354 e. The third kappa shape index (κ3) is 5.95. The van der Waals surface area contributed by atoms with Crippen LogP contribution in [0.2, 0.25) is 0 Å². The Kier molecular flexibility index (Phi) is 7.38. The summed E-state index contributed by atoms with van der Waals surface area (Å²) in [5, 5.41) is 12.1. The number of aromatic nitrogens is 3. The van der Waals surface area contributed by atoms with Crippen LogP contribution < -0.4 is 5.32 Å². The van der Waals surface area contributed by atoms with Crippen molar-refractivity contribution in [1.29, 1.82) is 0 Å². The van der Waals surface area contributed by atoms with Crippen molar-refractivity contribution in [2.75, 3.05) is 18.8 Å². The van der Waals surface area contributed by atoms with Gasteiger partial charge in [0.15, 0.2) is 5.16 Å². The first-order valence-electron chi connectivity index (χ1n) is 10.8. The Bertz CT molecular complexity index is 973. The number of likely N-dealkylation sites (tertiary alicyclic amines) is 1. The Morgan fingerprint density at radius 1 is 1.13 bits per heavy atom. The molecule has 162 valence electrons. The average Bonchev–Trinajstić information content (AvgIpc) is 3.27. The van der Waals surface area contributed by atoms with Crippen LogP contribution in [0.1, 0.15) is 30.4 Å². The first-order chi connectivity index (χ1) is 15.2. The molecule has 1 fully saturated rings. The van der Waals surface area contributed by atoms with Crippen molar-refractivity contribution in [3.63, 3.8) is 0 Å². The minimum absolute atomic E-state index is 0.0358. The lowest BCUT2D eigenvalue weighted by atomic mass is 10.0. The van der Waals surface area contributed by atoms with Crippen LogP contribution in [0.15, 0.2) is 66.1 Å². The number of thioether (sulfide) groups is 1. The number of nitrogens with one attached hydrogen (secondary N) is 1. The van der Waals surface area contributed by atoms with E-state index in [9.17, 15) is 4.79 Å². The molecule has 1 atom stereocenters. The minimum Gasteiger partial charge on any atom is -0.354 e. The lowest BCUT2D eigenvalue weighted by Gasteiger charge is -2.35. The number of benzene rings is 2. The van der Waals surface area contributed by atoms with E-state index >= 15 is 0 Å². The Balaban J connectivity index is 1.28. The molecule has 2 aromatic carbocycles. The smallest absolute Gasteiger partial charge is 0.230 e. The maximum absolute atomic E-state index is 12.5. The molecule has 6 nitrogen and oxygen atoms in total. The van der Waals surface area contributed by atoms with Crippen LogP contribution in [-0.2, 0) is 11.3 Å². The van der Waals surface area contributed by atoms with Gasteiger partial charge >= 0.3 is 0 Å². The van der Waals surface area contributed by atoms with Crippen LogP contribution in [0.25, 0.3) is 5.69 Å². The number of rotatable bonds is 8. The number of aryl methyl sites for hydroxylation is 1. The van der Waals surface area contributed by atoms with Gasteiger partial charge in [-0.3, -0.25) is 14.3 Å². The second-order valence-electron chi connectivity index (χ2n) is 8.02. The van der Waals surface area contributed by atoms with Crippen molar-refractivity contribution in [2.24, 2.45) is 0 Å². The van der Waals surface area contributed by atoms with E-state index in [1.54, 1.807) is 6.33 Å². The Morgan fingerprint density at radius 3 is 2.74 bits per heavy atom.